The molecule has 0 fully saturated rings. The molecule has 0 aliphatic carbocycles. The molecule has 7 heteroatoms. The van der Waals surface area contributed by atoms with Crippen molar-refractivity contribution in [3.05, 3.63) is 54.4 Å². The summed E-state index contributed by atoms with van der Waals surface area (Å²) >= 11 is 0. The second kappa shape index (κ2) is 8.03. The van der Waals surface area contributed by atoms with Crippen LogP contribution in [0.5, 0.6) is 0 Å². The number of benzene rings is 1. The maximum atomic E-state index is 13.5. The summed E-state index contributed by atoms with van der Waals surface area (Å²) in [7, 11) is 0. The maximum Gasteiger partial charge on any atom is 0.321 e. The van der Waals surface area contributed by atoms with E-state index in [1.807, 2.05) is 41.0 Å². The van der Waals surface area contributed by atoms with Gasteiger partial charge in [-0.25, -0.2) is 4.98 Å². The standard InChI is InChI=1S/C22H24N4O3/c1-3-5-13-25-20(27)18(21(28)29-4-2)19(15-9-8-12-23-14-15)26-17-11-7-6-10-16(17)24-22(25)26/h6-12,14,18-19H,3-5,13H2,1-2H3/t18-,19+/m1/s1. The summed E-state index contributed by atoms with van der Waals surface area (Å²) in [6.07, 6.45) is 5.13. The Hall–Kier alpha value is -3.22. The normalized spacial score (nSPS) is 18.7. The first kappa shape index (κ1) is 19.1. The fraction of sp³-hybridized carbons (Fsp3) is 0.364. The lowest BCUT2D eigenvalue weighted by Crippen LogP contribution is -2.50. The molecule has 4 rings (SSSR count). The van der Waals surface area contributed by atoms with Crippen molar-refractivity contribution in [2.45, 2.75) is 32.7 Å². The Morgan fingerprint density at radius 1 is 1.17 bits per heavy atom. The second-order valence-corrected chi connectivity index (χ2v) is 7.07. The number of anilines is 1. The summed E-state index contributed by atoms with van der Waals surface area (Å²) in [5, 5.41) is 0. The first-order valence-electron chi connectivity index (χ1n) is 10.0. The Bertz CT molecular complexity index is 1030. The van der Waals surface area contributed by atoms with Crippen LogP contribution in [-0.2, 0) is 14.3 Å². The molecule has 0 unspecified atom stereocenters. The lowest BCUT2D eigenvalue weighted by Gasteiger charge is -2.37. The minimum atomic E-state index is -0.985. The van der Waals surface area contributed by atoms with E-state index in [0.29, 0.717) is 12.5 Å². The molecule has 1 amide bonds. The van der Waals surface area contributed by atoms with Gasteiger partial charge in [0.1, 0.15) is 0 Å². The van der Waals surface area contributed by atoms with E-state index in [-0.39, 0.29) is 12.5 Å². The van der Waals surface area contributed by atoms with Crippen molar-refractivity contribution in [1.82, 2.24) is 14.5 Å². The minimum absolute atomic E-state index is 0.217. The lowest BCUT2D eigenvalue weighted by atomic mass is 9.90. The predicted octanol–water partition coefficient (Wildman–Crippen LogP) is 3.35. The predicted molar refractivity (Wildman–Crippen MR) is 109 cm³/mol. The number of ether oxygens (including phenoxy) is 1. The van der Waals surface area contributed by atoms with Gasteiger partial charge in [0.25, 0.3) is 0 Å². The van der Waals surface area contributed by atoms with Crippen LogP contribution in [0.15, 0.2) is 48.8 Å². The number of carbonyl (C=O) groups excluding carboxylic acids is 2. The molecule has 0 radical (unpaired) electrons. The highest BCUT2D eigenvalue weighted by Gasteiger charge is 2.47. The van der Waals surface area contributed by atoms with Gasteiger partial charge in [-0.05, 0) is 37.1 Å². The van der Waals surface area contributed by atoms with E-state index in [4.69, 9.17) is 9.72 Å². The molecular formula is C22H24N4O3. The maximum absolute atomic E-state index is 13.5. The van der Waals surface area contributed by atoms with Crippen LogP contribution in [0, 0.1) is 5.92 Å². The average molecular weight is 392 g/mol. The van der Waals surface area contributed by atoms with Crippen LogP contribution in [0.25, 0.3) is 11.0 Å². The van der Waals surface area contributed by atoms with E-state index in [1.54, 1.807) is 24.2 Å². The number of pyridine rings is 1. The van der Waals surface area contributed by atoms with Crippen molar-refractivity contribution in [3.8, 4) is 0 Å². The average Bonchev–Trinajstić information content (AvgIpc) is 3.12. The molecule has 3 aromatic rings. The number of amides is 1. The van der Waals surface area contributed by atoms with Crippen molar-refractivity contribution >= 4 is 28.9 Å². The number of unbranched alkanes of at least 4 members (excludes halogenated alkanes) is 1. The highest BCUT2D eigenvalue weighted by atomic mass is 16.5. The zero-order valence-electron chi connectivity index (χ0n) is 16.6. The monoisotopic (exact) mass is 392 g/mol. The van der Waals surface area contributed by atoms with Crippen LogP contribution in [0.4, 0.5) is 5.95 Å². The molecule has 0 bridgehead atoms. The van der Waals surface area contributed by atoms with Gasteiger partial charge in [0.05, 0.1) is 23.7 Å². The highest BCUT2D eigenvalue weighted by Crippen LogP contribution is 2.41. The van der Waals surface area contributed by atoms with Crippen LogP contribution in [0.1, 0.15) is 38.3 Å². The van der Waals surface area contributed by atoms with Crippen LogP contribution >= 0.6 is 0 Å². The Balaban J connectivity index is 1.97. The van der Waals surface area contributed by atoms with Gasteiger partial charge in [-0.2, -0.15) is 0 Å². The number of imidazole rings is 1. The smallest absolute Gasteiger partial charge is 0.321 e. The van der Waals surface area contributed by atoms with Gasteiger partial charge in [-0.1, -0.05) is 31.5 Å². The van der Waals surface area contributed by atoms with Gasteiger partial charge in [0.15, 0.2) is 5.92 Å². The third-order valence-electron chi connectivity index (χ3n) is 5.25. The van der Waals surface area contributed by atoms with E-state index in [0.717, 1.165) is 29.4 Å². The molecule has 7 nitrogen and oxygen atoms in total. The first-order valence-corrected chi connectivity index (χ1v) is 10.0. The Morgan fingerprint density at radius 3 is 2.72 bits per heavy atom. The van der Waals surface area contributed by atoms with Crippen LogP contribution < -0.4 is 4.90 Å². The zero-order chi connectivity index (χ0) is 20.4. The Labute approximate surface area is 169 Å². The van der Waals surface area contributed by atoms with Crippen LogP contribution in [0.2, 0.25) is 0 Å². The number of rotatable bonds is 6. The largest absolute Gasteiger partial charge is 0.465 e. The summed E-state index contributed by atoms with van der Waals surface area (Å²) < 4.78 is 7.31. The molecule has 0 N–H and O–H groups in total. The number of aromatic nitrogens is 3. The van der Waals surface area contributed by atoms with Crippen molar-refractivity contribution < 1.29 is 14.3 Å². The highest BCUT2D eigenvalue weighted by molar-refractivity contribution is 6.08. The molecule has 0 saturated carbocycles. The topological polar surface area (TPSA) is 77.3 Å². The summed E-state index contributed by atoms with van der Waals surface area (Å²) in [5.41, 5.74) is 2.44. The van der Waals surface area contributed by atoms with Gasteiger partial charge >= 0.3 is 5.97 Å². The number of hydrogen-bond acceptors (Lipinski definition) is 5. The van der Waals surface area contributed by atoms with Gasteiger partial charge in [-0.3, -0.25) is 19.5 Å². The summed E-state index contributed by atoms with van der Waals surface area (Å²) in [4.78, 5) is 37.1. The van der Waals surface area contributed by atoms with E-state index < -0.39 is 17.9 Å². The summed E-state index contributed by atoms with van der Waals surface area (Å²) in [6.45, 7) is 4.54. The van der Waals surface area contributed by atoms with E-state index in [2.05, 4.69) is 11.9 Å². The third-order valence-corrected chi connectivity index (χ3v) is 5.25. The SMILES string of the molecule is CCCCN1C(=O)[C@H](C(=O)OCC)[C@H](c2cccnc2)n2c1nc1ccccc12. The molecule has 3 heterocycles. The van der Waals surface area contributed by atoms with E-state index in [9.17, 15) is 9.59 Å². The molecule has 2 aromatic heterocycles. The Kier molecular flexibility index (Phi) is 5.29. The van der Waals surface area contributed by atoms with Crippen molar-refractivity contribution in [1.29, 1.82) is 0 Å². The molecule has 2 atom stereocenters. The molecular weight excluding hydrogens is 368 g/mol. The van der Waals surface area contributed by atoms with E-state index >= 15 is 0 Å². The zero-order valence-corrected chi connectivity index (χ0v) is 16.6. The van der Waals surface area contributed by atoms with Crippen LogP contribution in [-0.4, -0.2) is 39.6 Å². The Morgan fingerprint density at radius 2 is 2.00 bits per heavy atom. The lowest BCUT2D eigenvalue weighted by molar-refractivity contribution is -0.153. The molecule has 0 spiro atoms. The first-order chi connectivity index (χ1) is 14.2. The van der Waals surface area contributed by atoms with Crippen molar-refractivity contribution in [2.75, 3.05) is 18.1 Å². The number of esters is 1. The van der Waals surface area contributed by atoms with Crippen molar-refractivity contribution in [2.24, 2.45) is 5.92 Å². The molecule has 0 saturated heterocycles. The van der Waals surface area contributed by atoms with Crippen LogP contribution in [0.3, 0.4) is 0 Å². The number of fused-ring (bicyclic) bond motifs is 3. The fourth-order valence-electron chi connectivity index (χ4n) is 3.93. The molecule has 1 aromatic carbocycles. The van der Waals surface area contributed by atoms with Crippen molar-refractivity contribution in [3.63, 3.8) is 0 Å². The van der Waals surface area contributed by atoms with E-state index in [1.165, 1.54) is 0 Å². The number of carbonyl (C=O) groups is 2. The number of para-hydroxylation sites is 2. The van der Waals surface area contributed by atoms with Gasteiger partial charge < -0.3 is 9.30 Å². The molecule has 1 aliphatic heterocycles. The molecule has 1 aliphatic rings. The van der Waals surface area contributed by atoms with Gasteiger partial charge in [0, 0.05) is 18.9 Å². The van der Waals surface area contributed by atoms with Gasteiger partial charge in [-0.15, -0.1) is 0 Å². The summed E-state index contributed by atoms with van der Waals surface area (Å²) in [6, 6.07) is 10.9. The van der Waals surface area contributed by atoms with Gasteiger partial charge in [0.2, 0.25) is 11.9 Å². The quantitative estimate of drug-likeness (QED) is 0.475. The fourth-order valence-corrected chi connectivity index (χ4v) is 3.93. The number of nitrogens with zero attached hydrogens (tertiary/aromatic N) is 4. The third kappa shape index (κ3) is 3.26. The summed E-state index contributed by atoms with van der Waals surface area (Å²) in [5.74, 6) is -1.20. The molecule has 150 valence electrons. The molecule has 29 heavy (non-hydrogen) atoms. The second-order valence-electron chi connectivity index (χ2n) is 7.07. The number of hydrogen-bond donors (Lipinski definition) is 0. The minimum Gasteiger partial charge on any atom is -0.465 e.